The van der Waals surface area contributed by atoms with Gasteiger partial charge in [-0.15, -0.1) is 0 Å². The van der Waals surface area contributed by atoms with E-state index in [9.17, 15) is 14.4 Å². The van der Waals surface area contributed by atoms with E-state index in [1.165, 1.54) is 6.20 Å². The van der Waals surface area contributed by atoms with Crippen LogP contribution in [0.4, 0.5) is 4.79 Å². The van der Waals surface area contributed by atoms with Crippen LogP contribution in [0.3, 0.4) is 0 Å². The Morgan fingerprint density at radius 3 is 2.71 bits per heavy atom. The summed E-state index contributed by atoms with van der Waals surface area (Å²) in [6.45, 7) is 0.799. The lowest BCUT2D eigenvalue weighted by atomic mass is 10.2. The molecule has 1 saturated heterocycles. The maximum atomic E-state index is 11.9. The Hall–Kier alpha value is -2.79. The van der Waals surface area contributed by atoms with Gasteiger partial charge < -0.3 is 10.6 Å². The Morgan fingerprint density at radius 1 is 1.33 bits per heavy atom. The predicted molar refractivity (Wildman–Crippen MR) is 89.6 cm³/mol. The number of nitrogens with one attached hydrogen (secondary N) is 2. The number of benzene rings is 1. The number of rotatable bonds is 7. The molecule has 1 aromatic rings. The van der Waals surface area contributed by atoms with Gasteiger partial charge in [0.1, 0.15) is 11.6 Å². The molecular weight excluding hydrogens is 328 g/mol. The van der Waals surface area contributed by atoms with Crippen molar-refractivity contribution in [2.75, 3.05) is 18.8 Å². The van der Waals surface area contributed by atoms with Crippen molar-refractivity contribution in [1.82, 2.24) is 15.5 Å². The van der Waals surface area contributed by atoms with Gasteiger partial charge in [-0.1, -0.05) is 42.1 Å². The highest BCUT2D eigenvalue weighted by molar-refractivity contribution is 8.14. The Labute approximate surface area is 143 Å². The van der Waals surface area contributed by atoms with E-state index in [0.29, 0.717) is 6.54 Å². The largest absolute Gasteiger partial charge is 0.388 e. The third-order valence-electron chi connectivity index (χ3n) is 3.23. The quantitative estimate of drug-likeness (QED) is 0.434. The van der Waals surface area contributed by atoms with Crippen LogP contribution < -0.4 is 10.6 Å². The first-order valence-electron chi connectivity index (χ1n) is 7.24. The second-order valence-electron chi connectivity index (χ2n) is 4.89. The molecule has 124 valence electrons. The van der Waals surface area contributed by atoms with Crippen molar-refractivity contribution in [1.29, 1.82) is 5.26 Å². The van der Waals surface area contributed by atoms with E-state index in [0.717, 1.165) is 22.2 Å². The van der Waals surface area contributed by atoms with Gasteiger partial charge in [-0.3, -0.25) is 19.3 Å². The molecule has 0 radical (unpaired) electrons. The average molecular weight is 344 g/mol. The standard InChI is InChI=1S/C16H16N4O3S/c17-8-13(15(22)19-9-12-4-2-1-3-5-12)10-18-6-7-20-14(21)11-24-16(20)23/h1-5,10,18H,6-7,9,11H2,(H,19,22)/b13-10-. The number of nitriles is 1. The molecule has 1 heterocycles. The minimum absolute atomic E-state index is 0.0700. The van der Waals surface area contributed by atoms with E-state index in [-0.39, 0.29) is 35.6 Å². The molecule has 0 unspecified atom stereocenters. The molecule has 1 aliphatic rings. The summed E-state index contributed by atoms with van der Waals surface area (Å²) in [4.78, 5) is 35.9. The van der Waals surface area contributed by atoms with Gasteiger partial charge in [0.2, 0.25) is 5.91 Å². The SMILES string of the molecule is N#C/C(=C/NCCN1C(=O)CSC1=O)C(=O)NCc1ccccc1. The Kier molecular flexibility index (Phi) is 6.40. The number of hydrogen-bond donors (Lipinski definition) is 2. The Morgan fingerprint density at radius 2 is 2.08 bits per heavy atom. The fraction of sp³-hybridized carbons (Fsp3) is 0.250. The first-order valence-corrected chi connectivity index (χ1v) is 8.23. The summed E-state index contributed by atoms with van der Waals surface area (Å²) < 4.78 is 0. The second-order valence-corrected chi connectivity index (χ2v) is 5.82. The van der Waals surface area contributed by atoms with E-state index in [4.69, 9.17) is 5.26 Å². The van der Waals surface area contributed by atoms with Crippen molar-refractivity contribution in [3.8, 4) is 6.07 Å². The predicted octanol–water partition coefficient (Wildman–Crippen LogP) is 0.995. The number of hydrogen-bond acceptors (Lipinski definition) is 6. The van der Waals surface area contributed by atoms with Crippen LogP contribution in [0.5, 0.6) is 0 Å². The number of amides is 3. The lowest BCUT2D eigenvalue weighted by molar-refractivity contribution is -0.124. The second kappa shape index (κ2) is 8.74. The zero-order chi connectivity index (χ0) is 17.4. The third-order valence-corrected chi connectivity index (χ3v) is 4.09. The summed E-state index contributed by atoms with van der Waals surface area (Å²) in [6, 6.07) is 11.2. The zero-order valence-corrected chi connectivity index (χ0v) is 13.6. The average Bonchev–Trinajstić information content (AvgIpc) is 2.92. The van der Waals surface area contributed by atoms with Crippen LogP contribution in [0, 0.1) is 11.3 Å². The fourth-order valence-corrected chi connectivity index (χ4v) is 2.72. The lowest BCUT2D eigenvalue weighted by Gasteiger charge is -2.12. The molecule has 2 N–H and O–H groups in total. The van der Waals surface area contributed by atoms with Crippen LogP contribution in [0.25, 0.3) is 0 Å². The van der Waals surface area contributed by atoms with Crippen molar-refractivity contribution in [2.24, 2.45) is 0 Å². The molecule has 0 aromatic heterocycles. The molecule has 7 nitrogen and oxygen atoms in total. The van der Waals surface area contributed by atoms with E-state index in [1.807, 2.05) is 36.4 Å². The first kappa shape index (κ1) is 17.6. The molecule has 0 bridgehead atoms. The third kappa shape index (κ3) is 4.86. The Bertz CT molecular complexity index is 681. The molecule has 1 fully saturated rings. The number of thioether (sulfide) groups is 1. The van der Waals surface area contributed by atoms with Gasteiger partial charge in [-0.2, -0.15) is 5.26 Å². The first-order chi connectivity index (χ1) is 11.6. The molecule has 0 atom stereocenters. The summed E-state index contributed by atoms with van der Waals surface area (Å²) in [5.41, 5.74) is 0.860. The maximum absolute atomic E-state index is 11.9. The fourth-order valence-electron chi connectivity index (χ4n) is 1.97. The highest BCUT2D eigenvalue weighted by atomic mass is 32.2. The molecule has 2 rings (SSSR count). The van der Waals surface area contributed by atoms with Gasteiger partial charge in [-0.05, 0) is 5.56 Å². The lowest BCUT2D eigenvalue weighted by Crippen LogP contribution is -2.34. The molecule has 0 aliphatic carbocycles. The van der Waals surface area contributed by atoms with Crippen molar-refractivity contribution < 1.29 is 14.4 Å². The van der Waals surface area contributed by atoms with Crippen LogP contribution in [-0.4, -0.2) is 40.8 Å². The van der Waals surface area contributed by atoms with Gasteiger partial charge in [0.25, 0.3) is 11.1 Å². The van der Waals surface area contributed by atoms with E-state index >= 15 is 0 Å². The van der Waals surface area contributed by atoms with Crippen LogP contribution in [0.1, 0.15) is 5.56 Å². The molecule has 0 saturated carbocycles. The van der Waals surface area contributed by atoms with Crippen LogP contribution in [-0.2, 0) is 16.1 Å². The molecular formula is C16H16N4O3S. The normalized spacial score (nSPS) is 14.5. The highest BCUT2D eigenvalue weighted by Crippen LogP contribution is 2.17. The van der Waals surface area contributed by atoms with Crippen LogP contribution in [0.15, 0.2) is 42.1 Å². The Balaban J connectivity index is 1.78. The zero-order valence-electron chi connectivity index (χ0n) is 12.8. The van der Waals surface area contributed by atoms with E-state index in [1.54, 1.807) is 0 Å². The number of nitrogens with zero attached hydrogens (tertiary/aromatic N) is 2. The molecule has 0 spiro atoms. The highest BCUT2D eigenvalue weighted by Gasteiger charge is 2.28. The molecule has 3 amide bonds. The van der Waals surface area contributed by atoms with Crippen LogP contribution >= 0.6 is 11.8 Å². The number of carbonyl (C=O) groups is 3. The van der Waals surface area contributed by atoms with Gasteiger partial charge in [-0.25, -0.2) is 0 Å². The number of carbonyl (C=O) groups excluding carboxylic acids is 3. The van der Waals surface area contributed by atoms with Gasteiger partial charge in [0, 0.05) is 25.8 Å². The van der Waals surface area contributed by atoms with Crippen molar-refractivity contribution in [3.63, 3.8) is 0 Å². The van der Waals surface area contributed by atoms with Crippen LogP contribution in [0.2, 0.25) is 0 Å². The van der Waals surface area contributed by atoms with Crippen molar-refractivity contribution >= 4 is 28.8 Å². The minimum Gasteiger partial charge on any atom is -0.388 e. The summed E-state index contributed by atoms with van der Waals surface area (Å²) in [5, 5.41) is 14.2. The minimum atomic E-state index is -0.488. The monoisotopic (exact) mass is 344 g/mol. The number of imide groups is 1. The summed E-state index contributed by atoms with van der Waals surface area (Å²) in [5.74, 6) is -0.547. The van der Waals surface area contributed by atoms with Crippen molar-refractivity contribution in [3.05, 3.63) is 47.7 Å². The topological polar surface area (TPSA) is 102 Å². The molecule has 24 heavy (non-hydrogen) atoms. The summed E-state index contributed by atoms with van der Waals surface area (Å²) >= 11 is 0.970. The van der Waals surface area contributed by atoms with Gasteiger partial charge in [0.15, 0.2) is 0 Å². The van der Waals surface area contributed by atoms with Gasteiger partial charge >= 0.3 is 0 Å². The van der Waals surface area contributed by atoms with Gasteiger partial charge in [0.05, 0.1) is 5.75 Å². The molecule has 8 heteroatoms. The summed E-state index contributed by atoms with van der Waals surface area (Å²) in [6.07, 6.45) is 1.29. The van der Waals surface area contributed by atoms with Crippen molar-refractivity contribution in [2.45, 2.75) is 6.54 Å². The molecule has 1 aliphatic heterocycles. The van der Waals surface area contributed by atoms with E-state index < -0.39 is 5.91 Å². The maximum Gasteiger partial charge on any atom is 0.288 e. The molecule has 1 aromatic carbocycles. The smallest absolute Gasteiger partial charge is 0.288 e. The summed E-state index contributed by atoms with van der Waals surface area (Å²) in [7, 11) is 0. The van der Waals surface area contributed by atoms with E-state index in [2.05, 4.69) is 10.6 Å².